The third-order valence-electron chi connectivity index (χ3n) is 2.99. The molecule has 1 N–H and O–H groups in total. The van der Waals surface area contributed by atoms with E-state index in [9.17, 15) is 9.59 Å². The molecule has 0 aliphatic rings. The van der Waals surface area contributed by atoms with E-state index in [0.29, 0.717) is 17.8 Å². The summed E-state index contributed by atoms with van der Waals surface area (Å²) in [5.74, 6) is 0.475. The number of anilines is 1. The molecule has 5 heteroatoms. The lowest BCUT2D eigenvalue weighted by Gasteiger charge is -2.19. The highest BCUT2D eigenvalue weighted by molar-refractivity contribution is 6.00. The number of ether oxygens (including phenoxy) is 1. The molecule has 1 aromatic carbocycles. The molecular weight excluding hydrogens is 280 g/mol. The van der Waals surface area contributed by atoms with Gasteiger partial charge in [-0.3, -0.25) is 10.1 Å². The third-order valence-corrected chi connectivity index (χ3v) is 2.99. The van der Waals surface area contributed by atoms with Gasteiger partial charge in [-0.05, 0) is 38.3 Å². The van der Waals surface area contributed by atoms with Crippen molar-refractivity contribution in [3.05, 3.63) is 36.0 Å². The molecule has 0 fully saturated rings. The van der Waals surface area contributed by atoms with Gasteiger partial charge in [0.05, 0.1) is 0 Å². The van der Waals surface area contributed by atoms with E-state index in [0.717, 1.165) is 10.8 Å². The molecule has 5 nitrogen and oxygen atoms in total. The predicted molar refractivity (Wildman–Crippen MR) is 86.2 cm³/mol. The Morgan fingerprint density at radius 1 is 1.18 bits per heavy atom. The van der Waals surface area contributed by atoms with Gasteiger partial charge in [0.25, 0.3) is 0 Å². The van der Waals surface area contributed by atoms with Crippen LogP contribution in [0.25, 0.3) is 10.8 Å². The first-order valence-corrected chi connectivity index (χ1v) is 7.21. The van der Waals surface area contributed by atoms with Crippen molar-refractivity contribution in [2.75, 3.05) is 5.32 Å². The fourth-order valence-corrected chi connectivity index (χ4v) is 2.00. The van der Waals surface area contributed by atoms with Crippen LogP contribution in [0, 0.1) is 0 Å². The number of nitrogens with one attached hydrogen (secondary N) is 1. The lowest BCUT2D eigenvalue weighted by atomic mass is 10.0. The van der Waals surface area contributed by atoms with Crippen LogP contribution < -0.4 is 5.32 Å². The minimum atomic E-state index is -0.568. The molecule has 22 heavy (non-hydrogen) atoms. The highest BCUT2D eigenvalue weighted by atomic mass is 16.6. The summed E-state index contributed by atoms with van der Waals surface area (Å²) in [6.07, 6.45) is 1.56. The first-order valence-electron chi connectivity index (χ1n) is 7.21. The van der Waals surface area contributed by atoms with Crippen LogP contribution in [0.15, 0.2) is 30.5 Å². The second-order valence-electron chi connectivity index (χ2n) is 6.04. The zero-order valence-corrected chi connectivity index (χ0v) is 13.3. The predicted octanol–water partition coefficient (Wildman–Crippen LogP) is 4.17. The van der Waals surface area contributed by atoms with E-state index in [1.165, 1.54) is 0 Å². The number of pyridine rings is 1. The number of hydrogen-bond donors (Lipinski definition) is 1. The van der Waals surface area contributed by atoms with Crippen molar-refractivity contribution in [2.24, 2.45) is 0 Å². The van der Waals surface area contributed by atoms with E-state index in [4.69, 9.17) is 4.74 Å². The summed E-state index contributed by atoms with van der Waals surface area (Å²) in [6, 6.07) is 7.17. The molecule has 0 aliphatic heterocycles. The molecule has 1 heterocycles. The summed E-state index contributed by atoms with van der Waals surface area (Å²) in [5.41, 5.74) is 0.0891. The molecule has 0 unspecified atom stereocenters. The Kier molecular flexibility index (Phi) is 4.45. The van der Waals surface area contributed by atoms with Gasteiger partial charge < -0.3 is 4.74 Å². The van der Waals surface area contributed by atoms with E-state index >= 15 is 0 Å². The van der Waals surface area contributed by atoms with Crippen molar-refractivity contribution in [3.63, 3.8) is 0 Å². The van der Waals surface area contributed by atoms with E-state index in [1.54, 1.807) is 39.1 Å². The first kappa shape index (κ1) is 15.9. The second kappa shape index (κ2) is 6.13. The smallest absolute Gasteiger partial charge is 0.413 e. The van der Waals surface area contributed by atoms with Crippen molar-refractivity contribution in [2.45, 2.75) is 39.7 Å². The van der Waals surface area contributed by atoms with Crippen LogP contribution in [-0.2, 0) is 4.74 Å². The van der Waals surface area contributed by atoms with Gasteiger partial charge in [0.2, 0.25) is 0 Å². The maximum absolute atomic E-state index is 11.8. The van der Waals surface area contributed by atoms with Crippen LogP contribution >= 0.6 is 0 Å². The molecule has 0 bridgehead atoms. The van der Waals surface area contributed by atoms with Crippen LogP contribution in [0.5, 0.6) is 0 Å². The Labute approximate surface area is 129 Å². The minimum absolute atomic E-state index is 0.0837. The number of aromatic nitrogens is 1. The molecule has 0 atom stereocenters. The molecule has 0 spiro atoms. The normalized spacial score (nSPS) is 11.3. The highest BCUT2D eigenvalue weighted by Gasteiger charge is 2.16. The topological polar surface area (TPSA) is 68.3 Å². The number of hydrogen-bond acceptors (Lipinski definition) is 4. The molecule has 0 radical (unpaired) electrons. The second-order valence-corrected chi connectivity index (χ2v) is 6.04. The van der Waals surface area contributed by atoms with Crippen molar-refractivity contribution >= 4 is 28.5 Å². The number of Topliss-reactive ketones (excluding diaryl/α,β-unsaturated/α-hetero) is 1. The van der Waals surface area contributed by atoms with Gasteiger partial charge in [0, 0.05) is 23.6 Å². The number of rotatable bonds is 3. The summed E-state index contributed by atoms with van der Waals surface area (Å²) in [5, 5.41) is 4.35. The van der Waals surface area contributed by atoms with E-state index in [1.807, 2.05) is 19.1 Å². The van der Waals surface area contributed by atoms with Gasteiger partial charge in [0.15, 0.2) is 5.78 Å². The number of ketones is 1. The Morgan fingerprint density at radius 3 is 2.55 bits per heavy atom. The summed E-state index contributed by atoms with van der Waals surface area (Å²) >= 11 is 0. The average Bonchev–Trinajstić information content (AvgIpc) is 2.43. The lowest BCUT2D eigenvalue weighted by molar-refractivity contribution is 0.0635. The van der Waals surface area contributed by atoms with Gasteiger partial charge in [-0.2, -0.15) is 0 Å². The average molecular weight is 300 g/mol. The number of carbonyl (C=O) groups is 2. The number of fused-ring (bicyclic) bond motifs is 1. The zero-order chi connectivity index (χ0) is 16.3. The molecular formula is C17H20N2O3. The third kappa shape index (κ3) is 4.04. The van der Waals surface area contributed by atoms with Crippen LogP contribution in [0.3, 0.4) is 0 Å². The maximum atomic E-state index is 11.8. The van der Waals surface area contributed by atoms with Crippen LogP contribution in [0.1, 0.15) is 44.5 Å². The van der Waals surface area contributed by atoms with Crippen LogP contribution in [0.4, 0.5) is 10.6 Å². The van der Waals surface area contributed by atoms with Gasteiger partial charge in [-0.1, -0.05) is 19.1 Å². The fourth-order valence-electron chi connectivity index (χ4n) is 2.00. The number of benzene rings is 1. The SMILES string of the molecule is CCC(=O)c1ccc2cnc(NC(=O)OC(C)(C)C)cc2c1. The Bertz CT molecular complexity index is 717. The quantitative estimate of drug-likeness (QED) is 0.864. The van der Waals surface area contributed by atoms with E-state index < -0.39 is 11.7 Å². The van der Waals surface area contributed by atoms with Crippen molar-refractivity contribution in [1.29, 1.82) is 0 Å². The molecule has 2 aromatic rings. The molecule has 1 amide bonds. The highest BCUT2D eigenvalue weighted by Crippen LogP contribution is 2.20. The molecule has 116 valence electrons. The molecule has 2 rings (SSSR count). The lowest BCUT2D eigenvalue weighted by Crippen LogP contribution is -2.27. The Balaban J connectivity index is 2.25. The summed E-state index contributed by atoms with van der Waals surface area (Å²) in [6.45, 7) is 7.21. The van der Waals surface area contributed by atoms with Crippen molar-refractivity contribution in [3.8, 4) is 0 Å². The number of carbonyl (C=O) groups excluding carboxylic acids is 2. The van der Waals surface area contributed by atoms with Crippen molar-refractivity contribution in [1.82, 2.24) is 4.98 Å². The Hall–Kier alpha value is -2.43. The zero-order valence-electron chi connectivity index (χ0n) is 13.3. The van der Waals surface area contributed by atoms with Crippen LogP contribution in [-0.4, -0.2) is 22.5 Å². The monoisotopic (exact) mass is 300 g/mol. The summed E-state index contributed by atoms with van der Waals surface area (Å²) < 4.78 is 5.19. The Morgan fingerprint density at radius 2 is 1.91 bits per heavy atom. The molecule has 0 saturated carbocycles. The molecule has 1 aromatic heterocycles. The number of nitrogens with zero attached hydrogens (tertiary/aromatic N) is 1. The standard InChI is InChI=1S/C17H20N2O3/c1-5-14(20)11-6-7-12-10-18-15(9-13(12)8-11)19-16(21)22-17(2,3)4/h6-10H,5H2,1-4H3,(H,18,19,21). The minimum Gasteiger partial charge on any atom is -0.444 e. The molecule has 0 aliphatic carbocycles. The fraction of sp³-hybridized carbons (Fsp3) is 0.353. The summed E-state index contributed by atoms with van der Waals surface area (Å²) in [7, 11) is 0. The maximum Gasteiger partial charge on any atom is 0.413 e. The number of amides is 1. The van der Waals surface area contributed by atoms with E-state index in [-0.39, 0.29) is 5.78 Å². The van der Waals surface area contributed by atoms with Gasteiger partial charge in [-0.15, -0.1) is 0 Å². The molecule has 0 saturated heterocycles. The largest absolute Gasteiger partial charge is 0.444 e. The first-order chi connectivity index (χ1) is 10.3. The van der Waals surface area contributed by atoms with Crippen LogP contribution in [0.2, 0.25) is 0 Å². The van der Waals surface area contributed by atoms with Gasteiger partial charge in [0.1, 0.15) is 11.4 Å². The van der Waals surface area contributed by atoms with Gasteiger partial charge in [-0.25, -0.2) is 9.78 Å². The summed E-state index contributed by atoms with van der Waals surface area (Å²) in [4.78, 5) is 27.7. The van der Waals surface area contributed by atoms with E-state index in [2.05, 4.69) is 10.3 Å². The van der Waals surface area contributed by atoms with Gasteiger partial charge >= 0.3 is 6.09 Å². The van der Waals surface area contributed by atoms with Crippen molar-refractivity contribution < 1.29 is 14.3 Å².